The van der Waals surface area contributed by atoms with Crippen LogP contribution in [0, 0.1) is 23.6 Å². The number of halogens is 2. The van der Waals surface area contributed by atoms with Crippen LogP contribution in [0.1, 0.15) is 41.9 Å². The molecule has 1 fully saturated rings. The number of nitrogens with zero attached hydrogens (tertiary/aromatic N) is 3. The van der Waals surface area contributed by atoms with Gasteiger partial charge in [-0.15, -0.1) is 0 Å². The van der Waals surface area contributed by atoms with E-state index in [9.17, 15) is 13.6 Å². The number of benzene rings is 1. The van der Waals surface area contributed by atoms with E-state index in [1.807, 2.05) is 0 Å². The molecule has 9 heteroatoms. The summed E-state index contributed by atoms with van der Waals surface area (Å²) >= 11 is 1.21. The van der Waals surface area contributed by atoms with Crippen LogP contribution < -0.4 is 11.1 Å². The van der Waals surface area contributed by atoms with Crippen molar-refractivity contribution in [1.82, 2.24) is 15.3 Å². The summed E-state index contributed by atoms with van der Waals surface area (Å²) < 4.78 is 28.7. The third-order valence-electron chi connectivity index (χ3n) is 5.29. The first kappa shape index (κ1) is 21.0. The number of nitrogens with one attached hydrogen (secondary N) is 1. The number of carbonyl (C=O) groups excluding carboxylic acids is 1. The van der Waals surface area contributed by atoms with Crippen molar-refractivity contribution in [3.05, 3.63) is 58.9 Å². The molecule has 0 radical (unpaired) electrons. The molecule has 31 heavy (non-hydrogen) atoms. The van der Waals surface area contributed by atoms with Crippen LogP contribution in [0.25, 0.3) is 11.9 Å². The summed E-state index contributed by atoms with van der Waals surface area (Å²) in [5.41, 5.74) is 7.15. The zero-order valence-electron chi connectivity index (χ0n) is 16.8. The molecule has 4 rings (SSSR count). The number of amides is 1. The Morgan fingerprint density at radius 2 is 2.19 bits per heavy atom. The second kappa shape index (κ2) is 8.12. The van der Waals surface area contributed by atoms with Gasteiger partial charge in [-0.2, -0.15) is 0 Å². The van der Waals surface area contributed by atoms with Crippen LogP contribution in [-0.2, 0) is 4.79 Å². The maximum atomic E-state index is 14.7. The fourth-order valence-electron chi connectivity index (χ4n) is 3.74. The Hall–Kier alpha value is -3.25. The van der Waals surface area contributed by atoms with Crippen molar-refractivity contribution in [3.63, 3.8) is 0 Å². The Kier molecular flexibility index (Phi) is 5.50. The maximum absolute atomic E-state index is 14.7. The van der Waals surface area contributed by atoms with Gasteiger partial charge in [-0.25, -0.2) is 18.7 Å². The molecule has 1 saturated carbocycles. The smallest absolute Gasteiger partial charge is 0.236 e. The van der Waals surface area contributed by atoms with E-state index in [-0.39, 0.29) is 28.3 Å². The first-order chi connectivity index (χ1) is 14.9. The Bertz CT molecular complexity index is 1170. The van der Waals surface area contributed by atoms with Crippen LogP contribution in [0.5, 0.6) is 0 Å². The van der Waals surface area contributed by atoms with Gasteiger partial charge in [0, 0.05) is 18.5 Å². The predicted octanol–water partition coefficient (Wildman–Crippen LogP) is 3.06. The lowest BCUT2D eigenvalue weighted by Crippen LogP contribution is -2.38. The van der Waals surface area contributed by atoms with E-state index < -0.39 is 22.4 Å². The molecule has 0 saturated heterocycles. The molecule has 1 aliphatic heterocycles. The standard InChI is InChI=1S/C22H19F2N5OS/c1-3-4-13-10-28-18(11-27-13)17(24)8-12-5-6-16(23)14(7-12)19-15-9-22(15,20(30)26-2)31-21(25)29-19/h5-8,10-11,15,19H,9H2,1-2H3,(H2,25,29)(H,26,30)/b17-8-. The van der Waals surface area contributed by atoms with E-state index in [0.29, 0.717) is 17.7 Å². The van der Waals surface area contributed by atoms with E-state index in [4.69, 9.17) is 5.73 Å². The average Bonchev–Trinajstić information content (AvgIpc) is 3.50. The molecule has 1 amide bonds. The van der Waals surface area contributed by atoms with Crippen molar-refractivity contribution in [2.24, 2.45) is 16.6 Å². The van der Waals surface area contributed by atoms with Crippen molar-refractivity contribution >= 4 is 34.7 Å². The van der Waals surface area contributed by atoms with Gasteiger partial charge in [0.1, 0.15) is 22.0 Å². The summed E-state index contributed by atoms with van der Waals surface area (Å²) in [5, 5.41) is 2.88. The number of nitrogens with two attached hydrogens (primary N) is 1. The number of hydrogen-bond donors (Lipinski definition) is 2. The highest BCUT2D eigenvalue weighted by atomic mass is 32.2. The zero-order chi connectivity index (χ0) is 22.2. The lowest BCUT2D eigenvalue weighted by Gasteiger charge is -2.25. The molecular formula is C22H19F2N5OS. The second-order valence-electron chi connectivity index (χ2n) is 7.23. The molecule has 1 aromatic carbocycles. The third kappa shape index (κ3) is 3.91. The molecule has 3 N–H and O–H groups in total. The fourth-order valence-corrected chi connectivity index (χ4v) is 5.02. The molecule has 2 aromatic rings. The highest BCUT2D eigenvalue weighted by molar-refractivity contribution is 8.15. The highest BCUT2D eigenvalue weighted by Crippen LogP contribution is 2.63. The monoisotopic (exact) mass is 439 g/mol. The van der Waals surface area contributed by atoms with Gasteiger partial charge in [0.2, 0.25) is 5.91 Å². The lowest BCUT2D eigenvalue weighted by atomic mass is 9.98. The van der Waals surface area contributed by atoms with Crippen molar-refractivity contribution in [2.75, 3.05) is 7.05 Å². The zero-order valence-corrected chi connectivity index (χ0v) is 17.6. The van der Waals surface area contributed by atoms with Crippen molar-refractivity contribution in [1.29, 1.82) is 0 Å². The second-order valence-corrected chi connectivity index (χ2v) is 8.58. The minimum Gasteiger partial charge on any atom is -0.378 e. The SMILES string of the molecule is CC#Cc1cnc(/C(F)=C/c2ccc(F)c(C3N=C(N)SC4(C(=O)NC)CC34)c2)cn1. The molecule has 1 aliphatic carbocycles. The molecule has 3 unspecified atom stereocenters. The molecule has 2 aliphatic rings. The summed E-state index contributed by atoms with van der Waals surface area (Å²) in [6.07, 6.45) is 4.48. The van der Waals surface area contributed by atoms with E-state index in [2.05, 4.69) is 32.1 Å². The van der Waals surface area contributed by atoms with Crippen LogP contribution in [0.15, 0.2) is 35.6 Å². The summed E-state index contributed by atoms with van der Waals surface area (Å²) in [4.78, 5) is 24.8. The first-order valence-corrected chi connectivity index (χ1v) is 10.4. The predicted molar refractivity (Wildman–Crippen MR) is 117 cm³/mol. The van der Waals surface area contributed by atoms with Gasteiger partial charge < -0.3 is 11.1 Å². The largest absolute Gasteiger partial charge is 0.378 e. The lowest BCUT2D eigenvalue weighted by molar-refractivity contribution is -0.121. The summed E-state index contributed by atoms with van der Waals surface area (Å²) in [6, 6.07) is 3.65. The number of aromatic nitrogens is 2. The van der Waals surface area contributed by atoms with Gasteiger partial charge in [0.05, 0.1) is 18.4 Å². The Morgan fingerprint density at radius 1 is 1.39 bits per heavy atom. The van der Waals surface area contributed by atoms with Crippen LogP contribution in [0.3, 0.4) is 0 Å². The molecular weight excluding hydrogens is 420 g/mol. The number of rotatable bonds is 4. The number of fused-ring (bicyclic) bond motifs is 1. The van der Waals surface area contributed by atoms with E-state index >= 15 is 0 Å². The van der Waals surface area contributed by atoms with E-state index in [1.54, 1.807) is 14.0 Å². The normalized spacial score (nSPS) is 24.4. The van der Waals surface area contributed by atoms with Crippen LogP contribution in [0.4, 0.5) is 8.78 Å². The Labute approximate surface area is 182 Å². The highest BCUT2D eigenvalue weighted by Gasteiger charge is 2.66. The van der Waals surface area contributed by atoms with Gasteiger partial charge in [-0.1, -0.05) is 23.7 Å². The molecule has 0 spiro atoms. The molecule has 6 nitrogen and oxygen atoms in total. The number of carbonyl (C=O) groups is 1. The van der Waals surface area contributed by atoms with Gasteiger partial charge in [0.15, 0.2) is 11.0 Å². The molecule has 0 bridgehead atoms. The van der Waals surface area contributed by atoms with Crippen LogP contribution in [-0.4, -0.2) is 32.8 Å². The minimum atomic E-state index is -0.729. The Balaban J connectivity index is 1.64. The fraction of sp³-hybridized carbons (Fsp3) is 0.273. The van der Waals surface area contributed by atoms with Crippen molar-refractivity contribution < 1.29 is 13.6 Å². The summed E-state index contributed by atoms with van der Waals surface area (Å²) in [7, 11) is 1.56. The Morgan fingerprint density at radius 3 is 2.87 bits per heavy atom. The number of amidine groups is 1. The third-order valence-corrected chi connectivity index (χ3v) is 6.62. The van der Waals surface area contributed by atoms with E-state index in [0.717, 1.165) is 0 Å². The van der Waals surface area contributed by atoms with Gasteiger partial charge in [0.25, 0.3) is 0 Å². The number of aliphatic imine (C=N–C) groups is 1. The average molecular weight is 439 g/mol. The van der Waals surface area contributed by atoms with Crippen LogP contribution in [0.2, 0.25) is 0 Å². The molecule has 2 heterocycles. The van der Waals surface area contributed by atoms with Gasteiger partial charge in [-0.05, 0) is 43.0 Å². The summed E-state index contributed by atoms with van der Waals surface area (Å²) in [5.74, 6) is 4.01. The summed E-state index contributed by atoms with van der Waals surface area (Å²) in [6.45, 7) is 1.67. The molecule has 3 atom stereocenters. The van der Waals surface area contributed by atoms with Gasteiger partial charge >= 0.3 is 0 Å². The number of hydrogen-bond acceptors (Lipinski definition) is 6. The molecule has 158 valence electrons. The maximum Gasteiger partial charge on any atom is 0.236 e. The van der Waals surface area contributed by atoms with Gasteiger partial charge in [-0.3, -0.25) is 9.79 Å². The van der Waals surface area contributed by atoms with Crippen molar-refractivity contribution in [3.8, 4) is 11.8 Å². The number of thioether (sulfide) groups is 1. The molecule has 1 aromatic heterocycles. The first-order valence-electron chi connectivity index (χ1n) is 9.54. The topological polar surface area (TPSA) is 93.3 Å². The van der Waals surface area contributed by atoms with E-state index in [1.165, 1.54) is 48.4 Å². The quantitative estimate of drug-likeness (QED) is 0.715. The minimum absolute atomic E-state index is 0.0460. The van der Waals surface area contributed by atoms with Crippen molar-refractivity contribution in [2.45, 2.75) is 24.1 Å². The van der Waals surface area contributed by atoms with Crippen LogP contribution >= 0.6 is 11.8 Å².